The fourth-order valence-electron chi connectivity index (χ4n) is 4.44. The number of carbonyl (C=O) groups is 1. The Balaban J connectivity index is 1.29. The Kier molecular flexibility index (Phi) is 6.47. The van der Waals surface area contributed by atoms with Crippen molar-refractivity contribution in [3.05, 3.63) is 64.7 Å². The molecule has 5 heteroatoms. The number of nitrogens with zero attached hydrogens (tertiary/aromatic N) is 1. The lowest BCUT2D eigenvalue weighted by molar-refractivity contribution is -0.123. The van der Waals surface area contributed by atoms with Crippen LogP contribution >= 0.6 is 0 Å². The van der Waals surface area contributed by atoms with E-state index in [2.05, 4.69) is 34.5 Å². The number of likely N-dealkylation sites (tertiary alicyclic amines) is 1. The predicted molar refractivity (Wildman–Crippen MR) is 113 cm³/mol. The molecule has 2 aliphatic rings. The molecule has 1 fully saturated rings. The van der Waals surface area contributed by atoms with Crippen molar-refractivity contribution in [1.29, 1.82) is 0 Å². The number of benzene rings is 2. The maximum absolute atomic E-state index is 12.3. The molecule has 154 valence electrons. The van der Waals surface area contributed by atoms with Gasteiger partial charge in [0.25, 0.3) is 5.91 Å². The summed E-state index contributed by atoms with van der Waals surface area (Å²) in [7, 11) is 0. The van der Waals surface area contributed by atoms with E-state index in [0.717, 1.165) is 50.1 Å². The fourth-order valence-corrected chi connectivity index (χ4v) is 4.44. The number of amides is 1. The Bertz CT molecular complexity index is 852. The normalized spacial score (nSPS) is 18.6. The summed E-state index contributed by atoms with van der Waals surface area (Å²) in [4.78, 5) is 14.6. The largest absolute Gasteiger partial charge is 0.484 e. The summed E-state index contributed by atoms with van der Waals surface area (Å²) in [5.74, 6) is 0.653. The van der Waals surface area contributed by atoms with E-state index in [4.69, 9.17) is 4.74 Å². The van der Waals surface area contributed by atoms with Gasteiger partial charge in [0.15, 0.2) is 6.61 Å². The van der Waals surface area contributed by atoms with Gasteiger partial charge in [0.05, 0.1) is 6.61 Å². The Labute approximate surface area is 172 Å². The van der Waals surface area contributed by atoms with Gasteiger partial charge in [-0.05, 0) is 73.0 Å². The van der Waals surface area contributed by atoms with E-state index in [-0.39, 0.29) is 25.2 Å². The van der Waals surface area contributed by atoms with Gasteiger partial charge >= 0.3 is 0 Å². The van der Waals surface area contributed by atoms with Crippen LogP contribution in [-0.4, -0.2) is 41.7 Å². The number of fused-ring (bicyclic) bond motifs is 1. The molecule has 2 aromatic carbocycles. The minimum Gasteiger partial charge on any atom is -0.484 e. The van der Waals surface area contributed by atoms with Crippen molar-refractivity contribution in [2.75, 3.05) is 19.8 Å². The third-order valence-corrected chi connectivity index (χ3v) is 6.12. The zero-order valence-electron chi connectivity index (χ0n) is 16.9. The Morgan fingerprint density at radius 1 is 1.10 bits per heavy atom. The molecule has 1 aliphatic carbocycles. The molecule has 0 aromatic heterocycles. The lowest BCUT2D eigenvalue weighted by atomic mass is 10.1. The summed E-state index contributed by atoms with van der Waals surface area (Å²) in [6.45, 7) is 2.54. The molecule has 1 atom stereocenters. The first-order valence-electron chi connectivity index (χ1n) is 10.7. The minimum atomic E-state index is -0.116. The number of aliphatic hydroxyl groups excluding tert-OH is 1. The van der Waals surface area contributed by atoms with Crippen LogP contribution in [0.3, 0.4) is 0 Å². The first-order valence-corrected chi connectivity index (χ1v) is 10.7. The van der Waals surface area contributed by atoms with Crippen LogP contribution in [0.15, 0.2) is 42.5 Å². The number of rotatable bonds is 8. The van der Waals surface area contributed by atoms with Crippen LogP contribution in [0.5, 0.6) is 5.75 Å². The van der Waals surface area contributed by atoms with Gasteiger partial charge in [0.2, 0.25) is 0 Å². The van der Waals surface area contributed by atoms with Crippen molar-refractivity contribution in [3.63, 3.8) is 0 Å². The molecule has 4 rings (SSSR count). The van der Waals surface area contributed by atoms with Crippen LogP contribution < -0.4 is 10.1 Å². The number of aryl methyl sites for hydroxylation is 2. The molecule has 1 heterocycles. The van der Waals surface area contributed by atoms with E-state index in [1.807, 2.05) is 18.2 Å². The molecule has 0 saturated carbocycles. The molecule has 1 unspecified atom stereocenters. The number of hydrogen-bond donors (Lipinski definition) is 2. The Hall–Kier alpha value is -2.37. The summed E-state index contributed by atoms with van der Waals surface area (Å²) in [5.41, 5.74) is 5.06. The molecular formula is C24H30N2O3. The smallest absolute Gasteiger partial charge is 0.258 e. The van der Waals surface area contributed by atoms with Crippen LogP contribution in [0.2, 0.25) is 0 Å². The third kappa shape index (κ3) is 4.98. The van der Waals surface area contributed by atoms with Gasteiger partial charge in [0, 0.05) is 19.1 Å². The topological polar surface area (TPSA) is 61.8 Å². The summed E-state index contributed by atoms with van der Waals surface area (Å²) in [6.07, 6.45) is 5.63. The first kappa shape index (κ1) is 19.9. The van der Waals surface area contributed by atoms with Crippen LogP contribution in [-0.2, 0) is 30.7 Å². The molecule has 0 bridgehead atoms. The molecule has 0 radical (unpaired) electrons. The average Bonchev–Trinajstić information content (AvgIpc) is 3.40. The predicted octanol–water partition coefficient (Wildman–Crippen LogP) is 2.83. The van der Waals surface area contributed by atoms with Gasteiger partial charge in [0.1, 0.15) is 5.75 Å². The lowest BCUT2D eigenvalue weighted by Crippen LogP contribution is -2.33. The van der Waals surface area contributed by atoms with E-state index < -0.39 is 0 Å². The maximum atomic E-state index is 12.3. The number of carbonyl (C=O) groups excluding carboxylic acids is 1. The highest BCUT2D eigenvalue weighted by Crippen LogP contribution is 2.26. The van der Waals surface area contributed by atoms with Crippen molar-refractivity contribution in [1.82, 2.24) is 10.2 Å². The second-order valence-corrected chi connectivity index (χ2v) is 8.07. The summed E-state index contributed by atoms with van der Waals surface area (Å²) >= 11 is 0. The number of aliphatic hydroxyl groups is 1. The molecule has 5 nitrogen and oxygen atoms in total. The standard InChI is InChI=1S/C24H30N2O3/c27-16-22-9-4-12-26(22)15-21-6-2-1-5-20(21)14-25-24(28)17-29-23-11-10-18-7-3-8-19(18)13-23/h1-2,5-6,10-11,13,22,27H,3-4,7-9,12,14-17H2,(H,25,28). The van der Waals surface area contributed by atoms with Crippen LogP contribution in [0.25, 0.3) is 0 Å². The van der Waals surface area contributed by atoms with Crippen molar-refractivity contribution in [3.8, 4) is 5.75 Å². The van der Waals surface area contributed by atoms with Gasteiger partial charge in [-0.1, -0.05) is 30.3 Å². The maximum Gasteiger partial charge on any atom is 0.258 e. The van der Waals surface area contributed by atoms with Crippen molar-refractivity contribution < 1.29 is 14.6 Å². The molecule has 1 saturated heterocycles. The third-order valence-electron chi connectivity index (χ3n) is 6.12. The van der Waals surface area contributed by atoms with E-state index >= 15 is 0 Å². The molecule has 2 aromatic rings. The minimum absolute atomic E-state index is 0.0274. The zero-order chi connectivity index (χ0) is 20.1. The van der Waals surface area contributed by atoms with Crippen LogP contribution in [0.1, 0.15) is 41.5 Å². The molecule has 2 N–H and O–H groups in total. The molecule has 29 heavy (non-hydrogen) atoms. The lowest BCUT2D eigenvalue weighted by Gasteiger charge is -2.24. The highest BCUT2D eigenvalue weighted by atomic mass is 16.5. The van der Waals surface area contributed by atoms with Gasteiger partial charge in [-0.2, -0.15) is 0 Å². The SMILES string of the molecule is O=C(COc1ccc2c(c1)CCC2)NCc1ccccc1CN1CCCC1CO. The zero-order valence-corrected chi connectivity index (χ0v) is 16.9. The van der Waals surface area contributed by atoms with Crippen LogP contribution in [0.4, 0.5) is 0 Å². The quantitative estimate of drug-likeness (QED) is 0.723. The Morgan fingerprint density at radius 2 is 1.93 bits per heavy atom. The summed E-state index contributed by atoms with van der Waals surface area (Å²) in [5, 5.41) is 12.5. The van der Waals surface area contributed by atoms with E-state index in [1.54, 1.807) is 0 Å². The molecular weight excluding hydrogens is 364 g/mol. The highest BCUT2D eigenvalue weighted by molar-refractivity contribution is 5.77. The van der Waals surface area contributed by atoms with E-state index in [9.17, 15) is 9.90 Å². The monoisotopic (exact) mass is 394 g/mol. The van der Waals surface area contributed by atoms with Crippen molar-refractivity contribution in [2.24, 2.45) is 0 Å². The van der Waals surface area contributed by atoms with Crippen molar-refractivity contribution in [2.45, 2.75) is 51.2 Å². The summed E-state index contributed by atoms with van der Waals surface area (Å²) < 4.78 is 5.70. The van der Waals surface area contributed by atoms with Gasteiger partial charge < -0.3 is 15.2 Å². The summed E-state index contributed by atoms with van der Waals surface area (Å²) in [6, 6.07) is 14.6. The average molecular weight is 395 g/mol. The van der Waals surface area contributed by atoms with Gasteiger partial charge in [-0.15, -0.1) is 0 Å². The second-order valence-electron chi connectivity index (χ2n) is 8.07. The number of ether oxygens (including phenoxy) is 1. The molecule has 1 amide bonds. The van der Waals surface area contributed by atoms with Crippen LogP contribution in [0, 0.1) is 0 Å². The molecule has 0 spiro atoms. The van der Waals surface area contributed by atoms with E-state index in [1.165, 1.54) is 23.1 Å². The molecule has 1 aliphatic heterocycles. The van der Waals surface area contributed by atoms with Gasteiger partial charge in [-0.25, -0.2) is 0 Å². The second kappa shape index (κ2) is 9.42. The Morgan fingerprint density at radius 3 is 2.79 bits per heavy atom. The first-order chi connectivity index (χ1) is 14.2. The van der Waals surface area contributed by atoms with E-state index in [0.29, 0.717) is 6.54 Å². The number of nitrogens with one attached hydrogen (secondary N) is 1. The number of hydrogen-bond acceptors (Lipinski definition) is 4. The highest BCUT2D eigenvalue weighted by Gasteiger charge is 2.24. The van der Waals surface area contributed by atoms with Crippen molar-refractivity contribution >= 4 is 5.91 Å². The fraction of sp³-hybridized carbons (Fsp3) is 0.458. The van der Waals surface area contributed by atoms with Gasteiger partial charge in [-0.3, -0.25) is 9.69 Å².